The Labute approximate surface area is 128 Å². The summed E-state index contributed by atoms with van der Waals surface area (Å²) in [5.41, 5.74) is 1.99. The van der Waals surface area contributed by atoms with Crippen molar-refractivity contribution in [1.29, 1.82) is 0 Å². The highest BCUT2D eigenvalue weighted by molar-refractivity contribution is 6.33. The van der Waals surface area contributed by atoms with Crippen LogP contribution in [0.25, 0.3) is 0 Å². The van der Waals surface area contributed by atoms with Gasteiger partial charge < -0.3 is 10.1 Å². The van der Waals surface area contributed by atoms with E-state index in [4.69, 9.17) is 16.3 Å². The number of hydrogen-bond donors (Lipinski definition) is 1. The average molecular weight is 306 g/mol. The molecule has 2 aromatic rings. The molecule has 0 heterocycles. The van der Waals surface area contributed by atoms with Crippen molar-refractivity contribution in [2.45, 2.75) is 24.8 Å². The summed E-state index contributed by atoms with van der Waals surface area (Å²) in [5, 5.41) is 3.87. The lowest BCUT2D eigenvalue weighted by molar-refractivity contribution is 0.373. The lowest BCUT2D eigenvalue weighted by Gasteiger charge is -2.37. The molecule has 21 heavy (non-hydrogen) atoms. The Morgan fingerprint density at radius 1 is 1.14 bits per heavy atom. The van der Waals surface area contributed by atoms with Crippen molar-refractivity contribution in [1.82, 2.24) is 0 Å². The Hall–Kier alpha value is -1.74. The highest BCUT2D eigenvalue weighted by Gasteiger charge is 2.30. The Balaban J connectivity index is 1.59. The van der Waals surface area contributed by atoms with Gasteiger partial charge in [-0.05, 0) is 54.7 Å². The van der Waals surface area contributed by atoms with Crippen LogP contribution >= 0.6 is 11.6 Å². The van der Waals surface area contributed by atoms with Gasteiger partial charge in [0.25, 0.3) is 0 Å². The monoisotopic (exact) mass is 305 g/mol. The van der Waals surface area contributed by atoms with Crippen LogP contribution in [-0.4, -0.2) is 13.2 Å². The maximum Gasteiger partial charge on any atom is 0.125 e. The highest BCUT2D eigenvalue weighted by Crippen LogP contribution is 2.39. The molecule has 0 atom stereocenters. The molecule has 3 rings (SSSR count). The van der Waals surface area contributed by atoms with Gasteiger partial charge in [0.15, 0.2) is 0 Å². The van der Waals surface area contributed by atoms with Crippen LogP contribution in [0.3, 0.4) is 0 Å². The standard InChI is InChI=1S/C17H17ClFNO/c1-21-15-5-2-11(3-6-15)12-8-14(9-12)20-17-10-13(19)4-7-16(17)18/h2-7,10,12,14,20H,8-9H2,1H3. The molecule has 4 heteroatoms. The van der Waals surface area contributed by atoms with E-state index in [0.717, 1.165) is 18.6 Å². The van der Waals surface area contributed by atoms with Crippen LogP contribution in [0.5, 0.6) is 5.75 Å². The quantitative estimate of drug-likeness (QED) is 0.872. The first-order valence-electron chi connectivity index (χ1n) is 7.01. The van der Waals surface area contributed by atoms with E-state index in [2.05, 4.69) is 17.4 Å². The second-order valence-electron chi connectivity index (χ2n) is 5.41. The van der Waals surface area contributed by atoms with E-state index in [1.807, 2.05) is 12.1 Å². The zero-order valence-corrected chi connectivity index (χ0v) is 12.5. The van der Waals surface area contributed by atoms with Crippen LogP contribution in [0, 0.1) is 5.82 Å². The summed E-state index contributed by atoms with van der Waals surface area (Å²) in [6.45, 7) is 0. The van der Waals surface area contributed by atoms with Gasteiger partial charge in [0, 0.05) is 6.04 Å². The molecule has 110 valence electrons. The normalized spacial score (nSPS) is 20.7. The number of ether oxygens (including phenoxy) is 1. The van der Waals surface area contributed by atoms with Gasteiger partial charge in [-0.25, -0.2) is 4.39 Å². The number of benzene rings is 2. The summed E-state index contributed by atoms with van der Waals surface area (Å²) < 4.78 is 18.4. The molecule has 0 aromatic heterocycles. The van der Waals surface area contributed by atoms with E-state index >= 15 is 0 Å². The van der Waals surface area contributed by atoms with Crippen molar-refractivity contribution in [2.24, 2.45) is 0 Å². The average Bonchev–Trinajstić information content (AvgIpc) is 2.46. The smallest absolute Gasteiger partial charge is 0.125 e. The number of rotatable bonds is 4. The summed E-state index contributed by atoms with van der Waals surface area (Å²) in [5.74, 6) is 1.15. The van der Waals surface area contributed by atoms with Gasteiger partial charge in [0.2, 0.25) is 0 Å². The third kappa shape index (κ3) is 3.13. The third-order valence-electron chi connectivity index (χ3n) is 4.01. The van der Waals surface area contributed by atoms with E-state index in [1.54, 1.807) is 13.2 Å². The van der Waals surface area contributed by atoms with Crippen molar-refractivity contribution < 1.29 is 9.13 Å². The number of hydrogen-bond acceptors (Lipinski definition) is 2. The summed E-state index contributed by atoms with van der Waals surface area (Å²) in [7, 11) is 1.67. The summed E-state index contributed by atoms with van der Waals surface area (Å²) in [6.07, 6.45) is 2.05. The lowest BCUT2D eigenvalue weighted by atomic mass is 9.76. The number of halogens is 2. The first-order chi connectivity index (χ1) is 10.2. The Bertz CT molecular complexity index is 623. The molecule has 0 radical (unpaired) electrons. The van der Waals surface area contributed by atoms with Crippen molar-refractivity contribution in [3.05, 3.63) is 58.9 Å². The minimum atomic E-state index is -0.270. The predicted octanol–water partition coefficient (Wildman–Crippen LogP) is 4.85. The second-order valence-corrected chi connectivity index (χ2v) is 5.81. The van der Waals surface area contributed by atoms with E-state index in [-0.39, 0.29) is 5.82 Å². The van der Waals surface area contributed by atoms with E-state index in [9.17, 15) is 4.39 Å². The maximum absolute atomic E-state index is 13.2. The molecular weight excluding hydrogens is 289 g/mol. The van der Waals surface area contributed by atoms with Crippen molar-refractivity contribution >= 4 is 17.3 Å². The van der Waals surface area contributed by atoms with E-state index < -0.39 is 0 Å². The number of nitrogens with one attached hydrogen (secondary N) is 1. The fraction of sp³-hybridized carbons (Fsp3) is 0.294. The SMILES string of the molecule is COc1ccc(C2CC(Nc3cc(F)ccc3Cl)C2)cc1. The molecule has 0 unspecified atom stereocenters. The minimum Gasteiger partial charge on any atom is -0.497 e. The summed E-state index contributed by atoms with van der Waals surface area (Å²) in [6, 6.07) is 12.9. The van der Waals surface area contributed by atoms with Gasteiger partial charge >= 0.3 is 0 Å². The van der Waals surface area contributed by atoms with E-state index in [1.165, 1.54) is 17.7 Å². The molecule has 1 saturated carbocycles. The minimum absolute atomic E-state index is 0.270. The predicted molar refractivity (Wildman–Crippen MR) is 83.8 cm³/mol. The Kier molecular flexibility index (Phi) is 4.02. The molecule has 1 N–H and O–H groups in total. The molecule has 1 aliphatic rings. The maximum atomic E-state index is 13.2. The lowest BCUT2D eigenvalue weighted by Crippen LogP contribution is -2.34. The van der Waals surface area contributed by atoms with Crippen molar-refractivity contribution in [2.75, 3.05) is 12.4 Å². The molecule has 1 fully saturated rings. The van der Waals surface area contributed by atoms with Gasteiger partial charge in [-0.3, -0.25) is 0 Å². The molecule has 0 amide bonds. The Morgan fingerprint density at radius 3 is 2.52 bits per heavy atom. The molecule has 0 bridgehead atoms. The zero-order chi connectivity index (χ0) is 14.8. The van der Waals surface area contributed by atoms with Crippen LogP contribution < -0.4 is 10.1 Å². The van der Waals surface area contributed by atoms with Crippen LogP contribution in [0.1, 0.15) is 24.3 Å². The molecule has 2 aromatic carbocycles. The van der Waals surface area contributed by atoms with Gasteiger partial charge in [-0.15, -0.1) is 0 Å². The van der Waals surface area contributed by atoms with Crippen LogP contribution in [-0.2, 0) is 0 Å². The van der Waals surface area contributed by atoms with Crippen LogP contribution in [0.15, 0.2) is 42.5 Å². The topological polar surface area (TPSA) is 21.3 Å². The van der Waals surface area contributed by atoms with Crippen LogP contribution in [0.2, 0.25) is 5.02 Å². The van der Waals surface area contributed by atoms with Crippen LogP contribution in [0.4, 0.5) is 10.1 Å². The molecule has 1 aliphatic carbocycles. The largest absolute Gasteiger partial charge is 0.497 e. The first-order valence-corrected chi connectivity index (χ1v) is 7.39. The molecule has 0 aliphatic heterocycles. The van der Waals surface area contributed by atoms with E-state index in [0.29, 0.717) is 22.7 Å². The molecular formula is C17H17ClFNO. The zero-order valence-electron chi connectivity index (χ0n) is 11.8. The van der Waals surface area contributed by atoms with Gasteiger partial charge in [-0.1, -0.05) is 23.7 Å². The highest BCUT2D eigenvalue weighted by atomic mass is 35.5. The van der Waals surface area contributed by atoms with Gasteiger partial charge in [-0.2, -0.15) is 0 Å². The Morgan fingerprint density at radius 2 is 1.86 bits per heavy atom. The fourth-order valence-electron chi connectivity index (χ4n) is 2.71. The number of anilines is 1. The first kappa shape index (κ1) is 14.2. The molecule has 0 saturated heterocycles. The molecule has 2 nitrogen and oxygen atoms in total. The second kappa shape index (κ2) is 5.94. The van der Waals surface area contributed by atoms with Gasteiger partial charge in [0.1, 0.15) is 11.6 Å². The number of methoxy groups -OCH3 is 1. The van der Waals surface area contributed by atoms with Crippen molar-refractivity contribution in [3.63, 3.8) is 0 Å². The van der Waals surface area contributed by atoms with Gasteiger partial charge in [0.05, 0.1) is 17.8 Å². The summed E-state index contributed by atoms with van der Waals surface area (Å²) in [4.78, 5) is 0. The summed E-state index contributed by atoms with van der Waals surface area (Å²) >= 11 is 6.07. The van der Waals surface area contributed by atoms with Crippen molar-refractivity contribution in [3.8, 4) is 5.75 Å². The fourth-order valence-corrected chi connectivity index (χ4v) is 2.88. The third-order valence-corrected chi connectivity index (χ3v) is 4.34. The molecule has 0 spiro atoms.